The van der Waals surface area contributed by atoms with Gasteiger partial charge in [0.15, 0.2) is 0 Å². The lowest BCUT2D eigenvalue weighted by Gasteiger charge is -2.21. The Morgan fingerprint density at radius 3 is 2.40 bits per heavy atom. The van der Waals surface area contributed by atoms with E-state index in [1.54, 1.807) is 0 Å². The number of hydrogen-bond donors (Lipinski definition) is 0. The van der Waals surface area contributed by atoms with E-state index >= 15 is 0 Å². The fourth-order valence-corrected chi connectivity index (χ4v) is 2.15. The van der Waals surface area contributed by atoms with Crippen LogP contribution < -0.4 is 4.74 Å². The van der Waals surface area contributed by atoms with Crippen LogP contribution in [0.5, 0.6) is 5.75 Å². The third-order valence-electron chi connectivity index (χ3n) is 2.62. The number of ether oxygens (including phenoxy) is 1. The van der Waals surface area contributed by atoms with E-state index in [-0.39, 0.29) is 28.8 Å². The van der Waals surface area contributed by atoms with Crippen LogP contribution in [0.15, 0.2) is 18.2 Å². The highest BCUT2D eigenvalue weighted by Gasteiger charge is 2.25. The van der Waals surface area contributed by atoms with Gasteiger partial charge in [-0.2, -0.15) is 0 Å². The molecular formula is C12H14Cl2N2O4. The number of alkyl halides is 2. The number of methoxy groups -OCH3 is 1. The maximum atomic E-state index is 12.4. The van der Waals surface area contributed by atoms with Crippen LogP contribution in [0.3, 0.4) is 0 Å². The second-order valence-corrected chi connectivity index (χ2v) is 4.54. The molecule has 0 saturated carbocycles. The number of carbonyl (C=O) groups is 1. The summed E-state index contributed by atoms with van der Waals surface area (Å²) >= 11 is 11.3. The molecule has 0 aliphatic carbocycles. The minimum atomic E-state index is -0.594. The van der Waals surface area contributed by atoms with Gasteiger partial charge in [0.05, 0.1) is 17.6 Å². The zero-order valence-corrected chi connectivity index (χ0v) is 12.4. The number of rotatable bonds is 7. The third kappa shape index (κ3) is 3.74. The maximum Gasteiger partial charge on any atom is 0.311 e. The monoisotopic (exact) mass is 320 g/mol. The molecule has 1 rings (SSSR count). The summed E-state index contributed by atoms with van der Waals surface area (Å²) in [4.78, 5) is 24.2. The van der Waals surface area contributed by atoms with E-state index < -0.39 is 10.8 Å². The summed E-state index contributed by atoms with van der Waals surface area (Å²) in [5.41, 5.74) is -0.132. The first-order chi connectivity index (χ1) is 9.56. The molecule has 0 aliphatic heterocycles. The van der Waals surface area contributed by atoms with E-state index in [1.165, 1.54) is 30.2 Å². The van der Waals surface area contributed by atoms with Crippen LogP contribution in [0, 0.1) is 10.1 Å². The van der Waals surface area contributed by atoms with E-state index in [2.05, 4.69) is 0 Å². The van der Waals surface area contributed by atoms with Gasteiger partial charge < -0.3 is 9.64 Å². The SMILES string of the molecule is COc1c(C(=O)N(CCCl)CCCl)cccc1[N+](=O)[O-]. The molecule has 0 atom stereocenters. The lowest BCUT2D eigenvalue weighted by Crippen LogP contribution is -2.34. The van der Waals surface area contributed by atoms with Crippen LogP contribution in [0.2, 0.25) is 0 Å². The van der Waals surface area contributed by atoms with Crippen molar-refractivity contribution >= 4 is 34.8 Å². The molecule has 0 spiro atoms. The van der Waals surface area contributed by atoms with Crippen molar-refractivity contribution in [2.24, 2.45) is 0 Å². The molecule has 1 amide bonds. The van der Waals surface area contributed by atoms with Gasteiger partial charge in [0, 0.05) is 30.9 Å². The molecule has 1 aromatic rings. The summed E-state index contributed by atoms with van der Waals surface area (Å²) in [7, 11) is 1.28. The molecule has 0 fully saturated rings. The number of carbonyl (C=O) groups excluding carboxylic acids is 1. The van der Waals surface area contributed by atoms with Crippen molar-refractivity contribution in [3.8, 4) is 5.75 Å². The number of nitro benzene ring substituents is 1. The molecule has 0 aromatic heterocycles. The largest absolute Gasteiger partial charge is 0.490 e. The predicted octanol–water partition coefficient (Wildman–Crippen LogP) is 2.52. The summed E-state index contributed by atoms with van der Waals surface area (Å²) in [5, 5.41) is 10.9. The smallest absolute Gasteiger partial charge is 0.311 e. The Kier molecular flexibility index (Phi) is 6.54. The van der Waals surface area contributed by atoms with Crippen LogP contribution in [-0.4, -0.2) is 47.7 Å². The normalized spacial score (nSPS) is 10.2. The molecule has 110 valence electrons. The standard InChI is InChI=1S/C12H14Cl2N2O4/c1-20-11-9(3-2-4-10(11)16(18)19)12(17)15(7-5-13)8-6-14/h2-4H,5-8H2,1H3. The van der Waals surface area contributed by atoms with E-state index in [0.717, 1.165) is 0 Å². The highest BCUT2D eigenvalue weighted by Crippen LogP contribution is 2.31. The summed E-state index contributed by atoms with van der Waals surface area (Å²) in [6.45, 7) is 0.609. The van der Waals surface area contributed by atoms with Crippen molar-refractivity contribution in [2.75, 3.05) is 32.0 Å². The molecule has 0 heterocycles. The van der Waals surface area contributed by atoms with Gasteiger partial charge in [0.25, 0.3) is 5.91 Å². The first-order valence-corrected chi connectivity index (χ1v) is 6.86. The third-order valence-corrected chi connectivity index (χ3v) is 2.96. The molecule has 0 bridgehead atoms. The van der Waals surface area contributed by atoms with Crippen molar-refractivity contribution < 1.29 is 14.5 Å². The highest BCUT2D eigenvalue weighted by molar-refractivity contribution is 6.18. The Bertz CT molecular complexity index is 490. The molecular weight excluding hydrogens is 307 g/mol. The quantitative estimate of drug-likeness (QED) is 0.439. The Morgan fingerprint density at radius 1 is 1.35 bits per heavy atom. The van der Waals surface area contributed by atoms with Crippen molar-refractivity contribution in [1.29, 1.82) is 0 Å². The fourth-order valence-electron chi connectivity index (χ4n) is 1.74. The molecule has 6 nitrogen and oxygen atoms in total. The maximum absolute atomic E-state index is 12.4. The van der Waals surface area contributed by atoms with Crippen LogP contribution in [0.1, 0.15) is 10.4 Å². The number of nitrogens with zero attached hydrogens (tertiary/aromatic N) is 2. The number of nitro groups is 1. The fraction of sp³-hybridized carbons (Fsp3) is 0.417. The Morgan fingerprint density at radius 2 is 1.95 bits per heavy atom. The van der Waals surface area contributed by atoms with E-state index in [0.29, 0.717) is 13.1 Å². The number of benzene rings is 1. The topological polar surface area (TPSA) is 72.7 Å². The molecule has 8 heteroatoms. The van der Waals surface area contributed by atoms with Crippen molar-refractivity contribution in [2.45, 2.75) is 0 Å². The summed E-state index contributed by atoms with van der Waals surface area (Å²) in [5.74, 6) is 0.0446. The zero-order chi connectivity index (χ0) is 15.1. The second kappa shape index (κ2) is 7.91. The number of halogens is 2. The van der Waals surface area contributed by atoms with Gasteiger partial charge in [-0.3, -0.25) is 14.9 Å². The van der Waals surface area contributed by atoms with Gasteiger partial charge in [-0.1, -0.05) is 6.07 Å². The first-order valence-electron chi connectivity index (χ1n) is 5.79. The summed E-state index contributed by atoms with van der Waals surface area (Å²) < 4.78 is 5.01. The van der Waals surface area contributed by atoms with E-state index in [9.17, 15) is 14.9 Å². The Hall–Kier alpha value is -1.53. The minimum Gasteiger partial charge on any atom is -0.490 e. The molecule has 1 aromatic carbocycles. The van der Waals surface area contributed by atoms with Gasteiger partial charge in [-0.25, -0.2) is 0 Å². The van der Waals surface area contributed by atoms with Gasteiger partial charge in [0.1, 0.15) is 0 Å². The molecule has 0 N–H and O–H groups in total. The molecule has 0 aliphatic rings. The second-order valence-electron chi connectivity index (χ2n) is 3.79. The molecule has 0 radical (unpaired) electrons. The first kappa shape index (κ1) is 16.5. The van der Waals surface area contributed by atoms with E-state index in [4.69, 9.17) is 27.9 Å². The predicted molar refractivity (Wildman–Crippen MR) is 77.0 cm³/mol. The molecule has 0 saturated heterocycles. The van der Waals surface area contributed by atoms with Crippen molar-refractivity contribution in [1.82, 2.24) is 4.90 Å². The van der Waals surface area contributed by atoms with Crippen LogP contribution in [-0.2, 0) is 0 Å². The Labute approximate surface area is 126 Å². The summed E-state index contributed by atoms with van der Waals surface area (Å²) in [6, 6.07) is 4.19. The molecule has 0 unspecified atom stereocenters. The van der Waals surface area contributed by atoms with Crippen molar-refractivity contribution in [3.63, 3.8) is 0 Å². The van der Waals surface area contributed by atoms with Gasteiger partial charge in [-0.05, 0) is 6.07 Å². The minimum absolute atomic E-state index is 0.0587. The average molecular weight is 321 g/mol. The lowest BCUT2D eigenvalue weighted by molar-refractivity contribution is -0.385. The average Bonchev–Trinajstić information content (AvgIpc) is 2.45. The highest BCUT2D eigenvalue weighted by atomic mass is 35.5. The molecule has 20 heavy (non-hydrogen) atoms. The Balaban J connectivity index is 3.20. The zero-order valence-electron chi connectivity index (χ0n) is 10.8. The van der Waals surface area contributed by atoms with Gasteiger partial charge in [-0.15, -0.1) is 23.2 Å². The van der Waals surface area contributed by atoms with Gasteiger partial charge in [0.2, 0.25) is 5.75 Å². The van der Waals surface area contributed by atoms with Gasteiger partial charge >= 0.3 is 5.69 Å². The van der Waals surface area contributed by atoms with Crippen LogP contribution in [0.4, 0.5) is 5.69 Å². The lowest BCUT2D eigenvalue weighted by atomic mass is 10.1. The number of para-hydroxylation sites is 1. The van der Waals surface area contributed by atoms with Crippen LogP contribution >= 0.6 is 23.2 Å². The number of amides is 1. The number of hydrogen-bond acceptors (Lipinski definition) is 4. The van der Waals surface area contributed by atoms with Crippen LogP contribution in [0.25, 0.3) is 0 Å². The van der Waals surface area contributed by atoms with E-state index in [1.807, 2.05) is 0 Å². The van der Waals surface area contributed by atoms with Crippen molar-refractivity contribution in [3.05, 3.63) is 33.9 Å². The summed E-state index contributed by atoms with van der Waals surface area (Å²) in [6.07, 6.45) is 0.